The normalized spacial score (nSPS) is 15.7. The van der Waals surface area contributed by atoms with Crippen LogP contribution in [-0.2, 0) is 0 Å². The highest BCUT2D eigenvalue weighted by atomic mass is 79.9. The fraction of sp³-hybridized carbons (Fsp3) is 0.867. The van der Waals surface area contributed by atoms with Crippen LogP contribution in [0.4, 0.5) is 0 Å². The second-order valence-electron chi connectivity index (χ2n) is 5.93. The van der Waals surface area contributed by atoms with Crippen molar-refractivity contribution in [1.82, 2.24) is 0 Å². The van der Waals surface area contributed by atoms with Gasteiger partial charge >= 0.3 is 0 Å². The second-order valence-corrected chi connectivity index (χ2v) is 7.95. The van der Waals surface area contributed by atoms with Crippen LogP contribution in [0, 0.1) is 0 Å². The average molecular weight is 400 g/mol. The van der Waals surface area contributed by atoms with E-state index in [1.54, 1.807) is 0 Å². The molecular weight excluding hydrogens is 368 g/mol. The molecule has 0 aliphatic carbocycles. The molecule has 0 aliphatic rings. The minimum Gasteiger partial charge on any atom is -0.325 e. The minimum atomic E-state index is 0.416. The number of likely N-dealkylation sites (N-methyl/N-ethyl adjacent to an activating group) is 1. The molecule has 0 amide bonds. The molecule has 1 unspecified atom stereocenters. The molecule has 0 saturated carbocycles. The topological polar surface area (TPSA) is 0 Å². The Bertz CT molecular complexity index is 282. The van der Waals surface area contributed by atoms with Crippen molar-refractivity contribution in [3.8, 4) is 0 Å². The Balaban J connectivity index is 4.60. The van der Waals surface area contributed by atoms with E-state index in [-0.39, 0.29) is 0 Å². The summed E-state index contributed by atoms with van der Waals surface area (Å²) in [5.74, 6) is 0. The van der Waals surface area contributed by atoms with Crippen molar-refractivity contribution in [2.75, 3.05) is 53.4 Å². The molecule has 0 spiro atoms. The van der Waals surface area contributed by atoms with E-state index in [0.717, 1.165) is 22.1 Å². The number of hydrogen-bond donors (Lipinski definition) is 0. The van der Waals surface area contributed by atoms with Gasteiger partial charge in [-0.15, -0.1) is 0 Å². The highest BCUT2D eigenvalue weighted by molar-refractivity contribution is 9.14. The SMILES string of the molecule is CC[N+](C)(CC)C/C=C(\Br)C(Br)C[N+](C)(CC)CC. The lowest BCUT2D eigenvalue weighted by Gasteiger charge is -2.34. The predicted octanol–water partition coefficient (Wildman–Crippen LogP) is 4.00. The predicted molar refractivity (Wildman–Crippen MR) is 94.0 cm³/mol. The second kappa shape index (κ2) is 8.81. The van der Waals surface area contributed by atoms with Crippen LogP contribution in [0.2, 0.25) is 0 Å². The largest absolute Gasteiger partial charge is 0.325 e. The van der Waals surface area contributed by atoms with E-state index in [9.17, 15) is 0 Å². The van der Waals surface area contributed by atoms with Crippen LogP contribution in [0.25, 0.3) is 0 Å². The molecule has 19 heavy (non-hydrogen) atoms. The standard InChI is InChI=1S/C15H32Br2N2/c1-7-18(5,8-2)12-11-14(16)15(17)13-19(6,9-3)10-4/h11,15H,7-10,12-13H2,1-6H3/q+2/b14-11-. The van der Waals surface area contributed by atoms with Gasteiger partial charge in [0.15, 0.2) is 0 Å². The highest BCUT2D eigenvalue weighted by Crippen LogP contribution is 2.22. The van der Waals surface area contributed by atoms with E-state index in [1.807, 2.05) is 0 Å². The van der Waals surface area contributed by atoms with Gasteiger partial charge in [0, 0.05) is 4.48 Å². The van der Waals surface area contributed by atoms with Gasteiger partial charge in [-0.2, -0.15) is 0 Å². The Morgan fingerprint density at radius 3 is 1.74 bits per heavy atom. The summed E-state index contributed by atoms with van der Waals surface area (Å²) >= 11 is 7.59. The zero-order chi connectivity index (χ0) is 15.1. The molecule has 0 rings (SSSR count). The van der Waals surface area contributed by atoms with Crippen molar-refractivity contribution in [3.63, 3.8) is 0 Å². The number of alkyl halides is 1. The third-order valence-corrected chi connectivity index (χ3v) is 6.95. The molecule has 0 saturated heterocycles. The Labute approximate surface area is 137 Å². The van der Waals surface area contributed by atoms with Crippen molar-refractivity contribution in [2.45, 2.75) is 32.5 Å². The van der Waals surface area contributed by atoms with E-state index < -0.39 is 0 Å². The summed E-state index contributed by atoms with van der Waals surface area (Å²) in [5, 5.41) is 0. The number of quaternary nitrogens is 2. The van der Waals surface area contributed by atoms with Crippen molar-refractivity contribution in [3.05, 3.63) is 10.6 Å². The number of nitrogens with zero attached hydrogens (tertiary/aromatic N) is 2. The summed E-state index contributed by atoms with van der Waals surface area (Å²) in [6.07, 6.45) is 2.35. The first-order valence-corrected chi connectivity index (χ1v) is 9.13. The molecule has 1 atom stereocenters. The summed E-state index contributed by atoms with van der Waals surface area (Å²) in [6, 6.07) is 0. The van der Waals surface area contributed by atoms with Gasteiger partial charge < -0.3 is 8.97 Å². The maximum Gasteiger partial charge on any atom is 0.0982 e. The molecule has 2 nitrogen and oxygen atoms in total. The number of hydrogen-bond acceptors (Lipinski definition) is 0. The van der Waals surface area contributed by atoms with Crippen molar-refractivity contribution in [1.29, 1.82) is 0 Å². The molecule has 0 radical (unpaired) electrons. The smallest absolute Gasteiger partial charge is 0.0982 e. The molecular formula is C15H32Br2N2+2. The van der Waals surface area contributed by atoms with Crippen LogP contribution >= 0.6 is 31.9 Å². The third-order valence-electron chi connectivity index (χ3n) is 4.68. The van der Waals surface area contributed by atoms with Crippen molar-refractivity contribution >= 4 is 31.9 Å². The third kappa shape index (κ3) is 6.74. The highest BCUT2D eigenvalue weighted by Gasteiger charge is 2.24. The quantitative estimate of drug-likeness (QED) is 0.406. The lowest BCUT2D eigenvalue weighted by Crippen LogP contribution is -2.47. The molecule has 4 heteroatoms. The summed E-state index contributed by atoms with van der Waals surface area (Å²) in [6.45, 7) is 16.0. The van der Waals surface area contributed by atoms with Gasteiger partial charge in [-0.1, -0.05) is 31.9 Å². The minimum absolute atomic E-state index is 0.416. The molecule has 0 fully saturated rings. The zero-order valence-corrected chi connectivity index (χ0v) is 16.7. The van der Waals surface area contributed by atoms with Crippen molar-refractivity contribution in [2.24, 2.45) is 0 Å². The molecule has 0 heterocycles. The van der Waals surface area contributed by atoms with Crippen LogP contribution < -0.4 is 0 Å². The lowest BCUT2D eigenvalue weighted by atomic mass is 10.2. The molecule has 0 N–H and O–H groups in total. The Kier molecular flexibility index (Phi) is 9.09. The van der Waals surface area contributed by atoms with Gasteiger partial charge in [-0.3, -0.25) is 0 Å². The maximum absolute atomic E-state index is 3.83. The van der Waals surface area contributed by atoms with E-state index in [2.05, 4.69) is 79.7 Å². The maximum atomic E-state index is 3.83. The first-order valence-electron chi connectivity index (χ1n) is 7.42. The molecule has 0 bridgehead atoms. The Morgan fingerprint density at radius 2 is 1.37 bits per heavy atom. The summed E-state index contributed by atoms with van der Waals surface area (Å²) < 4.78 is 3.50. The van der Waals surface area contributed by atoms with Gasteiger partial charge in [0.05, 0.1) is 58.2 Å². The molecule has 114 valence electrons. The summed E-state index contributed by atoms with van der Waals surface area (Å²) in [5.41, 5.74) is 0. The summed E-state index contributed by atoms with van der Waals surface area (Å²) in [7, 11) is 4.64. The summed E-state index contributed by atoms with van der Waals surface area (Å²) in [4.78, 5) is 0.416. The van der Waals surface area contributed by atoms with Crippen LogP contribution in [0.5, 0.6) is 0 Å². The molecule has 0 aromatic heterocycles. The monoisotopic (exact) mass is 398 g/mol. The fourth-order valence-electron chi connectivity index (χ4n) is 1.87. The first-order chi connectivity index (χ1) is 8.75. The number of halogens is 2. The lowest BCUT2D eigenvalue weighted by molar-refractivity contribution is -0.905. The Hall–Kier alpha value is 0.620. The molecule has 0 aromatic rings. The number of rotatable bonds is 9. The van der Waals surface area contributed by atoms with E-state index in [1.165, 1.54) is 30.7 Å². The van der Waals surface area contributed by atoms with Gasteiger partial charge in [-0.05, 0) is 33.8 Å². The van der Waals surface area contributed by atoms with Gasteiger partial charge in [-0.25, -0.2) is 0 Å². The van der Waals surface area contributed by atoms with Gasteiger partial charge in [0.2, 0.25) is 0 Å². The van der Waals surface area contributed by atoms with Crippen LogP contribution in [0.3, 0.4) is 0 Å². The van der Waals surface area contributed by atoms with E-state index >= 15 is 0 Å². The average Bonchev–Trinajstić information content (AvgIpc) is 2.43. The molecule has 0 aromatic carbocycles. The zero-order valence-electron chi connectivity index (χ0n) is 13.5. The van der Waals surface area contributed by atoms with E-state index in [4.69, 9.17) is 0 Å². The van der Waals surface area contributed by atoms with Crippen LogP contribution in [0.1, 0.15) is 27.7 Å². The Morgan fingerprint density at radius 1 is 0.947 bits per heavy atom. The van der Waals surface area contributed by atoms with E-state index in [0.29, 0.717) is 4.83 Å². The van der Waals surface area contributed by atoms with Crippen LogP contribution in [0.15, 0.2) is 10.6 Å². The molecule has 0 aliphatic heterocycles. The van der Waals surface area contributed by atoms with Gasteiger partial charge in [0.1, 0.15) is 0 Å². The van der Waals surface area contributed by atoms with Crippen molar-refractivity contribution < 1.29 is 8.97 Å². The van der Waals surface area contributed by atoms with Crippen LogP contribution in [-0.4, -0.2) is 67.2 Å². The first kappa shape index (κ1) is 19.6. The van der Waals surface area contributed by atoms with Gasteiger partial charge in [0.25, 0.3) is 0 Å². The fourth-order valence-corrected chi connectivity index (χ4v) is 3.05.